The highest BCUT2D eigenvalue weighted by Gasteiger charge is 2.30. The van der Waals surface area contributed by atoms with E-state index in [4.69, 9.17) is 4.74 Å². The van der Waals surface area contributed by atoms with Gasteiger partial charge in [0.25, 0.3) is 0 Å². The topological polar surface area (TPSA) is 35.9 Å². The lowest BCUT2D eigenvalue weighted by Crippen LogP contribution is -2.38. The van der Waals surface area contributed by atoms with Crippen LogP contribution >= 0.6 is 0 Å². The minimum atomic E-state index is -0.132. The molecule has 1 aliphatic rings. The average Bonchev–Trinajstić information content (AvgIpc) is 2.53. The lowest BCUT2D eigenvalue weighted by molar-refractivity contribution is 0.161. The molecule has 1 saturated heterocycles. The number of hydrogen-bond donors (Lipinski definition) is 1. The van der Waals surface area contributed by atoms with E-state index in [2.05, 4.69) is 23.9 Å². The number of likely N-dealkylation sites (N-methyl/N-ethyl adjacent to an activating group) is 1. The van der Waals surface area contributed by atoms with Crippen molar-refractivity contribution in [3.63, 3.8) is 0 Å². The number of rotatable bonds is 7. The Balaban J connectivity index is 2.26. The molecule has 4 nitrogen and oxygen atoms in total. The van der Waals surface area contributed by atoms with Crippen molar-refractivity contribution in [2.75, 3.05) is 47.4 Å². The molecule has 0 aromatic heterocycles. The van der Waals surface area contributed by atoms with Crippen LogP contribution in [0.3, 0.4) is 0 Å². The molecular weight excluding hydrogens is 204 g/mol. The Hall–Kier alpha value is -0.160. The van der Waals surface area contributed by atoms with Gasteiger partial charge in [-0.1, -0.05) is 0 Å². The van der Waals surface area contributed by atoms with Gasteiger partial charge in [0.2, 0.25) is 0 Å². The van der Waals surface area contributed by atoms with Crippen LogP contribution in [0.25, 0.3) is 0 Å². The second-order valence-electron chi connectivity index (χ2n) is 5.00. The molecule has 0 aromatic carbocycles. The zero-order valence-electron chi connectivity index (χ0n) is 10.9. The normalized spacial score (nSPS) is 26.8. The van der Waals surface area contributed by atoms with Gasteiger partial charge in [-0.2, -0.15) is 0 Å². The molecular formula is C12H26N2O2. The first-order valence-electron chi connectivity index (χ1n) is 6.19. The van der Waals surface area contributed by atoms with E-state index in [1.807, 2.05) is 0 Å². The second kappa shape index (κ2) is 7.22. The number of aliphatic hydroxyl groups is 1. The van der Waals surface area contributed by atoms with E-state index in [9.17, 15) is 5.11 Å². The number of β-amino-alcohol motifs (C(OH)–C–C–N with tert-alkyl or cyclic N) is 1. The zero-order valence-corrected chi connectivity index (χ0v) is 10.9. The van der Waals surface area contributed by atoms with Gasteiger partial charge in [0.05, 0.1) is 6.10 Å². The Bertz CT molecular complexity index is 188. The van der Waals surface area contributed by atoms with Gasteiger partial charge < -0.3 is 14.7 Å². The van der Waals surface area contributed by atoms with Crippen LogP contribution in [-0.2, 0) is 4.74 Å². The summed E-state index contributed by atoms with van der Waals surface area (Å²) in [6, 6.07) is 0.521. The quantitative estimate of drug-likeness (QED) is 0.643. The largest absolute Gasteiger partial charge is 0.392 e. The summed E-state index contributed by atoms with van der Waals surface area (Å²) in [6.45, 7) is 3.81. The molecule has 4 heteroatoms. The van der Waals surface area contributed by atoms with Crippen molar-refractivity contribution in [3.05, 3.63) is 0 Å². The summed E-state index contributed by atoms with van der Waals surface area (Å²) in [6.07, 6.45) is 3.05. The second-order valence-corrected chi connectivity index (χ2v) is 5.00. The highest BCUT2D eigenvalue weighted by molar-refractivity contribution is 4.86. The van der Waals surface area contributed by atoms with Gasteiger partial charge in [-0.15, -0.1) is 0 Å². The van der Waals surface area contributed by atoms with Gasteiger partial charge in [0, 0.05) is 32.8 Å². The summed E-state index contributed by atoms with van der Waals surface area (Å²) >= 11 is 0. The molecule has 0 saturated carbocycles. The predicted octanol–water partition coefficient (Wildman–Crippen LogP) is 0.410. The van der Waals surface area contributed by atoms with Crippen molar-refractivity contribution in [2.24, 2.45) is 0 Å². The molecule has 0 bridgehead atoms. The van der Waals surface area contributed by atoms with Gasteiger partial charge in [0.1, 0.15) is 0 Å². The first-order chi connectivity index (χ1) is 7.63. The first kappa shape index (κ1) is 13.9. The van der Waals surface area contributed by atoms with Gasteiger partial charge in [-0.25, -0.2) is 0 Å². The molecule has 1 rings (SSSR count). The van der Waals surface area contributed by atoms with Crippen LogP contribution in [0.2, 0.25) is 0 Å². The highest BCUT2D eigenvalue weighted by atomic mass is 16.5. The molecule has 0 aliphatic carbocycles. The van der Waals surface area contributed by atoms with Gasteiger partial charge in [-0.05, 0) is 39.9 Å². The van der Waals surface area contributed by atoms with Crippen LogP contribution in [-0.4, -0.2) is 74.5 Å². The summed E-state index contributed by atoms with van der Waals surface area (Å²) in [4.78, 5) is 4.62. The van der Waals surface area contributed by atoms with E-state index in [1.54, 1.807) is 7.11 Å². The summed E-state index contributed by atoms with van der Waals surface area (Å²) in [5.74, 6) is 0. The Kier molecular flexibility index (Phi) is 6.28. The molecule has 0 amide bonds. The fraction of sp³-hybridized carbons (Fsp3) is 1.00. The van der Waals surface area contributed by atoms with E-state index in [0.29, 0.717) is 6.04 Å². The maximum atomic E-state index is 9.70. The van der Waals surface area contributed by atoms with E-state index in [1.165, 1.54) is 0 Å². The molecule has 1 N–H and O–H groups in total. The summed E-state index contributed by atoms with van der Waals surface area (Å²) < 4.78 is 5.04. The number of ether oxygens (including phenoxy) is 1. The van der Waals surface area contributed by atoms with Crippen LogP contribution in [0.1, 0.15) is 19.3 Å². The molecule has 96 valence electrons. The van der Waals surface area contributed by atoms with E-state index in [0.717, 1.165) is 45.5 Å². The Labute approximate surface area is 99.2 Å². The maximum absolute atomic E-state index is 9.70. The number of aliphatic hydroxyl groups excluding tert-OH is 1. The fourth-order valence-corrected chi connectivity index (χ4v) is 2.40. The van der Waals surface area contributed by atoms with E-state index in [-0.39, 0.29) is 6.10 Å². The van der Waals surface area contributed by atoms with Crippen LogP contribution in [0, 0.1) is 0 Å². The van der Waals surface area contributed by atoms with Crippen molar-refractivity contribution >= 4 is 0 Å². The molecule has 1 aliphatic heterocycles. The van der Waals surface area contributed by atoms with Crippen LogP contribution in [0.15, 0.2) is 0 Å². The highest BCUT2D eigenvalue weighted by Crippen LogP contribution is 2.18. The number of likely N-dealkylation sites (tertiary alicyclic amines) is 1. The minimum absolute atomic E-state index is 0.132. The van der Waals surface area contributed by atoms with Crippen molar-refractivity contribution in [1.82, 2.24) is 9.80 Å². The zero-order chi connectivity index (χ0) is 12.0. The molecule has 2 unspecified atom stereocenters. The fourth-order valence-electron chi connectivity index (χ4n) is 2.40. The molecule has 1 heterocycles. The molecule has 2 atom stereocenters. The van der Waals surface area contributed by atoms with E-state index < -0.39 is 0 Å². The van der Waals surface area contributed by atoms with Crippen LogP contribution in [0.4, 0.5) is 0 Å². The monoisotopic (exact) mass is 230 g/mol. The lowest BCUT2D eigenvalue weighted by Gasteiger charge is -2.26. The third-order valence-corrected chi connectivity index (χ3v) is 3.13. The van der Waals surface area contributed by atoms with Gasteiger partial charge >= 0.3 is 0 Å². The van der Waals surface area contributed by atoms with Crippen molar-refractivity contribution in [1.29, 1.82) is 0 Å². The Morgan fingerprint density at radius 2 is 2.12 bits per heavy atom. The Morgan fingerprint density at radius 3 is 2.75 bits per heavy atom. The minimum Gasteiger partial charge on any atom is -0.392 e. The van der Waals surface area contributed by atoms with Crippen molar-refractivity contribution in [2.45, 2.75) is 31.4 Å². The van der Waals surface area contributed by atoms with Crippen molar-refractivity contribution in [3.8, 4) is 0 Å². The predicted molar refractivity (Wildman–Crippen MR) is 65.6 cm³/mol. The molecule has 1 fully saturated rings. The molecule has 0 radical (unpaired) electrons. The van der Waals surface area contributed by atoms with E-state index >= 15 is 0 Å². The smallest absolute Gasteiger partial charge is 0.0682 e. The molecule has 16 heavy (non-hydrogen) atoms. The third kappa shape index (κ3) is 4.78. The summed E-state index contributed by atoms with van der Waals surface area (Å²) in [5.41, 5.74) is 0. The third-order valence-electron chi connectivity index (χ3n) is 3.13. The van der Waals surface area contributed by atoms with Crippen LogP contribution < -0.4 is 0 Å². The SMILES string of the molecule is COCCCCN1CC(O)CC1CN(C)C. The standard InChI is InChI=1S/C12H26N2O2/c1-13(2)9-11-8-12(15)10-14(11)6-4-5-7-16-3/h11-12,15H,4-10H2,1-3H3. The molecule has 0 aromatic rings. The van der Waals surface area contributed by atoms with Crippen molar-refractivity contribution < 1.29 is 9.84 Å². The summed E-state index contributed by atoms with van der Waals surface area (Å²) in [7, 11) is 5.93. The Morgan fingerprint density at radius 1 is 1.38 bits per heavy atom. The van der Waals surface area contributed by atoms with Gasteiger partial charge in [-0.3, -0.25) is 4.90 Å². The number of hydrogen-bond acceptors (Lipinski definition) is 4. The van der Waals surface area contributed by atoms with Gasteiger partial charge in [0.15, 0.2) is 0 Å². The lowest BCUT2D eigenvalue weighted by atomic mass is 10.2. The number of nitrogens with zero attached hydrogens (tertiary/aromatic N) is 2. The van der Waals surface area contributed by atoms with Crippen LogP contribution in [0.5, 0.6) is 0 Å². The number of methoxy groups -OCH3 is 1. The average molecular weight is 230 g/mol. The maximum Gasteiger partial charge on any atom is 0.0682 e. The molecule has 0 spiro atoms. The summed E-state index contributed by atoms with van der Waals surface area (Å²) in [5, 5.41) is 9.70. The first-order valence-corrected chi connectivity index (χ1v) is 6.19. The number of unbranched alkanes of at least 4 members (excludes halogenated alkanes) is 1.